The molecule has 16 heavy (non-hydrogen) atoms. The smallest absolute Gasteiger partial charge is 0.197 e. The molecule has 0 spiro atoms. The second kappa shape index (κ2) is 4.68. The highest BCUT2D eigenvalue weighted by molar-refractivity contribution is 9.10. The zero-order valence-corrected chi connectivity index (χ0v) is 11.6. The molecule has 0 unspecified atom stereocenters. The molecule has 8 heteroatoms. The molecule has 0 atom stereocenters. The maximum Gasteiger partial charge on any atom is 0.197 e. The summed E-state index contributed by atoms with van der Waals surface area (Å²) in [5.41, 5.74) is 0. The van der Waals surface area contributed by atoms with Gasteiger partial charge in [0.15, 0.2) is 5.16 Å². The van der Waals surface area contributed by atoms with Crippen LogP contribution in [0, 0.1) is 6.92 Å². The Labute approximate surface area is 110 Å². The van der Waals surface area contributed by atoms with E-state index in [0.717, 1.165) is 16.0 Å². The van der Waals surface area contributed by atoms with Gasteiger partial charge in [0.05, 0.1) is 4.47 Å². The number of aryl methyl sites for hydroxylation is 1. The zero-order chi connectivity index (χ0) is 11.7. The summed E-state index contributed by atoms with van der Waals surface area (Å²) in [4.78, 5) is 7.98. The Balaban J connectivity index is 2.34. The number of rotatable bonds is 2. The van der Waals surface area contributed by atoms with Crippen molar-refractivity contribution in [2.45, 2.75) is 17.1 Å². The van der Waals surface area contributed by atoms with Crippen molar-refractivity contribution in [1.82, 2.24) is 24.7 Å². The van der Waals surface area contributed by atoms with E-state index in [4.69, 9.17) is 11.6 Å². The average Bonchev–Trinajstić information content (AvgIpc) is 2.57. The minimum atomic E-state index is 0.386. The lowest BCUT2D eigenvalue weighted by Crippen LogP contribution is -1.94. The van der Waals surface area contributed by atoms with Gasteiger partial charge >= 0.3 is 0 Å². The Morgan fingerprint density at radius 1 is 1.38 bits per heavy atom. The van der Waals surface area contributed by atoms with Crippen LogP contribution in [-0.4, -0.2) is 24.7 Å². The molecule has 5 nitrogen and oxygen atoms in total. The standard InChI is InChI=1S/C8H7BrClN5S/c1-4-13-14-8(15(4)2)16-7-5(9)6(10)11-3-12-7/h3H,1-2H3. The summed E-state index contributed by atoms with van der Waals surface area (Å²) in [6, 6.07) is 0. The van der Waals surface area contributed by atoms with Crippen LogP contribution in [0.4, 0.5) is 0 Å². The molecule has 0 aliphatic rings. The maximum absolute atomic E-state index is 5.87. The van der Waals surface area contributed by atoms with Gasteiger partial charge in [-0.05, 0) is 34.6 Å². The lowest BCUT2D eigenvalue weighted by Gasteiger charge is -2.03. The van der Waals surface area contributed by atoms with E-state index in [9.17, 15) is 0 Å². The van der Waals surface area contributed by atoms with Crippen LogP contribution in [0.5, 0.6) is 0 Å². The van der Waals surface area contributed by atoms with Gasteiger partial charge < -0.3 is 4.57 Å². The molecule has 0 aliphatic carbocycles. The fourth-order valence-corrected chi connectivity index (χ4v) is 2.41. The highest BCUT2D eigenvalue weighted by Crippen LogP contribution is 2.33. The van der Waals surface area contributed by atoms with Crippen molar-refractivity contribution >= 4 is 39.3 Å². The lowest BCUT2D eigenvalue weighted by atomic mass is 10.7. The molecular weight excluding hydrogens is 314 g/mol. The van der Waals surface area contributed by atoms with E-state index in [1.807, 2.05) is 18.5 Å². The number of nitrogens with zero attached hydrogens (tertiary/aromatic N) is 5. The Hall–Kier alpha value is -0.660. The summed E-state index contributed by atoms with van der Waals surface area (Å²) >= 11 is 10.6. The quantitative estimate of drug-likeness (QED) is 0.796. The van der Waals surface area contributed by atoms with Gasteiger partial charge in [-0.25, -0.2) is 9.97 Å². The average molecular weight is 321 g/mol. The van der Waals surface area contributed by atoms with E-state index < -0.39 is 0 Å². The predicted octanol–water partition coefficient (Wildman–Crippen LogP) is 2.48. The highest BCUT2D eigenvalue weighted by Gasteiger charge is 2.12. The Bertz CT molecular complexity index is 529. The van der Waals surface area contributed by atoms with Crippen LogP contribution in [0.15, 0.2) is 21.0 Å². The van der Waals surface area contributed by atoms with Crippen LogP contribution in [0.2, 0.25) is 5.15 Å². The van der Waals surface area contributed by atoms with Gasteiger partial charge in [-0.1, -0.05) is 11.6 Å². The van der Waals surface area contributed by atoms with E-state index in [0.29, 0.717) is 9.63 Å². The molecule has 0 radical (unpaired) electrons. The van der Waals surface area contributed by atoms with Crippen molar-refractivity contribution in [2.24, 2.45) is 7.05 Å². The number of aromatic nitrogens is 5. The number of halogens is 2. The summed E-state index contributed by atoms with van der Waals surface area (Å²) < 4.78 is 2.55. The van der Waals surface area contributed by atoms with Gasteiger partial charge in [-0.3, -0.25) is 0 Å². The first-order valence-corrected chi connectivity index (χ1v) is 6.28. The second-order valence-electron chi connectivity index (χ2n) is 2.97. The summed E-state index contributed by atoms with van der Waals surface area (Å²) in [6.45, 7) is 1.89. The molecule has 0 saturated heterocycles. The summed E-state index contributed by atoms with van der Waals surface area (Å²) in [5, 5.41) is 9.86. The van der Waals surface area contributed by atoms with E-state index in [1.54, 1.807) is 0 Å². The minimum Gasteiger partial charge on any atom is -0.309 e. The van der Waals surface area contributed by atoms with Crippen LogP contribution in [0.3, 0.4) is 0 Å². The van der Waals surface area contributed by atoms with Gasteiger partial charge in [0, 0.05) is 7.05 Å². The summed E-state index contributed by atoms with van der Waals surface area (Å²) in [7, 11) is 1.90. The van der Waals surface area contributed by atoms with Crippen molar-refractivity contribution < 1.29 is 0 Å². The van der Waals surface area contributed by atoms with E-state index in [1.165, 1.54) is 18.1 Å². The first kappa shape index (κ1) is 11.8. The molecule has 0 saturated carbocycles. The maximum atomic E-state index is 5.87. The second-order valence-corrected chi connectivity index (χ2v) is 5.08. The highest BCUT2D eigenvalue weighted by atomic mass is 79.9. The fraction of sp³-hybridized carbons (Fsp3) is 0.250. The Morgan fingerprint density at radius 3 is 2.75 bits per heavy atom. The van der Waals surface area contributed by atoms with E-state index in [-0.39, 0.29) is 0 Å². The summed E-state index contributed by atoms with van der Waals surface area (Å²) in [6.07, 6.45) is 1.42. The normalized spacial score (nSPS) is 10.8. The first-order valence-electron chi connectivity index (χ1n) is 4.29. The van der Waals surface area contributed by atoms with E-state index >= 15 is 0 Å². The van der Waals surface area contributed by atoms with Crippen LogP contribution < -0.4 is 0 Å². The van der Waals surface area contributed by atoms with Gasteiger partial charge in [0.1, 0.15) is 22.3 Å². The minimum absolute atomic E-state index is 0.386. The largest absolute Gasteiger partial charge is 0.309 e. The molecule has 2 heterocycles. The monoisotopic (exact) mass is 319 g/mol. The molecule has 0 aromatic carbocycles. The third kappa shape index (κ3) is 2.21. The molecule has 0 aliphatic heterocycles. The van der Waals surface area contributed by atoms with Crippen molar-refractivity contribution in [3.63, 3.8) is 0 Å². The fourth-order valence-electron chi connectivity index (χ4n) is 0.968. The molecule has 84 valence electrons. The van der Waals surface area contributed by atoms with Crippen molar-refractivity contribution in [1.29, 1.82) is 0 Å². The number of hydrogen-bond acceptors (Lipinski definition) is 5. The van der Waals surface area contributed by atoms with Gasteiger partial charge in [0.25, 0.3) is 0 Å². The molecular formula is C8H7BrClN5S. The van der Waals surface area contributed by atoms with E-state index in [2.05, 4.69) is 36.1 Å². The van der Waals surface area contributed by atoms with Crippen LogP contribution in [0.1, 0.15) is 5.82 Å². The Kier molecular flexibility index (Phi) is 3.46. The third-order valence-electron chi connectivity index (χ3n) is 1.96. The molecule has 2 aromatic heterocycles. The van der Waals surface area contributed by atoms with Crippen LogP contribution in [-0.2, 0) is 7.05 Å². The zero-order valence-electron chi connectivity index (χ0n) is 8.48. The van der Waals surface area contributed by atoms with Crippen LogP contribution in [0.25, 0.3) is 0 Å². The van der Waals surface area contributed by atoms with Crippen molar-refractivity contribution in [2.75, 3.05) is 0 Å². The molecule has 2 aromatic rings. The molecule has 0 fully saturated rings. The molecule has 0 amide bonds. The lowest BCUT2D eigenvalue weighted by molar-refractivity contribution is 0.764. The van der Waals surface area contributed by atoms with Gasteiger partial charge in [0.2, 0.25) is 0 Å². The van der Waals surface area contributed by atoms with Gasteiger partial charge in [-0.15, -0.1) is 10.2 Å². The topological polar surface area (TPSA) is 56.5 Å². The third-order valence-corrected chi connectivity index (χ3v) is 4.52. The van der Waals surface area contributed by atoms with Gasteiger partial charge in [-0.2, -0.15) is 0 Å². The molecule has 0 N–H and O–H groups in total. The number of hydrogen-bond donors (Lipinski definition) is 0. The Morgan fingerprint density at radius 2 is 2.12 bits per heavy atom. The van der Waals surface area contributed by atoms with Crippen molar-refractivity contribution in [3.05, 3.63) is 21.8 Å². The summed E-state index contributed by atoms with van der Waals surface area (Å²) in [5.74, 6) is 0.846. The predicted molar refractivity (Wildman–Crippen MR) is 64.6 cm³/mol. The van der Waals surface area contributed by atoms with Crippen LogP contribution >= 0.6 is 39.3 Å². The molecule has 2 rings (SSSR count). The molecule has 0 bridgehead atoms. The first-order chi connectivity index (χ1) is 7.59. The van der Waals surface area contributed by atoms with Crippen molar-refractivity contribution in [3.8, 4) is 0 Å². The SMILES string of the molecule is Cc1nnc(Sc2ncnc(Cl)c2Br)n1C.